The van der Waals surface area contributed by atoms with Gasteiger partial charge in [-0.15, -0.1) is 0 Å². The highest BCUT2D eigenvalue weighted by molar-refractivity contribution is 5.98. The van der Waals surface area contributed by atoms with Gasteiger partial charge in [-0.2, -0.15) is 5.10 Å². The molecule has 1 unspecified atom stereocenters. The molecule has 1 N–H and O–H groups in total. The monoisotopic (exact) mass is 423 g/mol. The van der Waals surface area contributed by atoms with E-state index in [0.29, 0.717) is 34.1 Å². The molecule has 0 fully saturated rings. The van der Waals surface area contributed by atoms with Crippen LogP contribution >= 0.6 is 0 Å². The largest absolute Gasteiger partial charge is 0.493 e. The molecule has 0 saturated carbocycles. The molecule has 1 aromatic heterocycles. The van der Waals surface area contributed by atoms with Gasteiger partial charge in [0.25, 0.3) is 5.91 Å². The van der Waals surface area contributed by atoms with Crippen molar-refractivity contribution in [3.05, 3.63) is 65.5 Å². The van der Waals surface area contributed by atoms with Crippen molar-refractivity contribution in [3.63, 3.8) is 0 Å². The van der Waals surface area contributed by atoms with Gasteiger partial charge in [-0.3, -0.25) is 4.79 Å². The minimum atomic E-state index is -1.01. The molecule has 8 nitrogen and oxygen atoms in total. The molecule has 0 aliphatic heterocycles. The maximum absolute atomic E-state index is 12.8. The molecule has 0 saturated heterocycles. The smallest absolute Gasteiger partial charge is 0.342 e. The number of carbonyl (C=O) groups is 2. The Morgan fingerprint density at radius 2 is 1.68 bits per heavy atom. The number of hydrogen-bond donors (Lipinski definition) is 1. The molecule has 162 valence electrons. The molecule has 0 bridgehead atoms. The Morgan fingerprint density at radius 3 is 2.32 bits per heavy atom. The maximum atomic E-state index is 12.8. The normalized spacial score (nSPS) is 11.5. The zero-order chi connectivity index (χ0) is 22.5. The van der Waals surface area contributed by atoms with Gasteiger partial charge in [0.1, 0.15) is 5.56 Å². The third-order valence-corrected chi connectivity index (χ3v) is 4.80. The average molecular weight is 423 g/mol. The minimum Gasteiger partial charge on any atom is -0.493 e. The van der Waals surface area contributed by atoms with Gasteiger partial charge in [0, 0.05) is 11.8 Å². The van der Waals surface area contributed by atoms with Crippen LogP contribution in [0.3, 0.4) is 0 Å². The Kier molecular flexibility index (Phi) is 6.59. The third kappa shape index (κ3) is 4.69. The second-order valence-electron chi connectivity index (χ2n) is 6.90. The summed E-state index contributed by atoms with van der Waals surface area (Å²) in [6.45, 7) is 5.04. The van der Waals surface area contributed by atoms with Crippen molar-refractivity contribution in [1.29, 1.82) is 0 Å². The summed E-state index contributed by atoms with van der Waals surface area (Å²) in [5.41, 5.74) is 2.84. The number of ether oxygens (including phenoxy) is 3. The first-order chi connectivity index (χ1) is 14.8. The first kappa shape index (κ1) is 21.9. The number of nitrogens with zero attached hydrogens (tertiary/aromatic N) is 2. The van der Waals surface area contributed by atoms with E-state index in [2.05, 4.69) is 10.4 Å². The molecule has 3 aromatic rings. The molecule has 1 atom stereocenters. The van der Waals surface area contributed by atoms with Gasteiger partial charge in [0.05, 0.1) is 31.3 Å². The summed E-state index contributed by atoms with van der Waals surface area (Å²) >= 11 is 0. The number of para-hydroxylation sites is 1. The topological polar surface area (TPSA) is 91.7 Å². The lowest BCUT2D eigenvalue weighted by Crippen LogP contribution is -2.30. The Hall–Kier alpha value is -3.81. The molecule has 0 aliphatic rings. The summed E-state index contributed by atoms with van der Waals surface area (Å²) < 4.78 is 17.5. The van der Waals surface area contributed by atoms with E-state index in [-0.39, 0.29) is 0 Å². The number of amides is 1. The fraction of sp³-hybridized carbons (Fsp3) is 0.261. The van der Waals surface area contributed by atoms with E-state index in [1.165, 1.54) is 21.1 Å². The van der Waals surface area contributed by atoms with Gasteiger partial charge in [0.15, 0.2) is 17.6 Å². The molecule has 2 aromatic carbocycles. The summed E-state index contributed by atoms with van der Waals surface area (Å²) in [5, 5.41) is 7.16. The van der Waals surface area contributed by atoms with Gasteiger partial charge >= 0.3 is 5.97 Å². The van der Waals surface area contributed by atoms with Gasteiger partial charge in [0.2, 0.25) is 0 Å². The third-order valence-electron chi connectivity index (χ3n) is 4.80. The van der Waals surface area contributed by atoms with Crippen LogP contribution in [0.1, 0.15) is 28.7 Å². The van der Waals surface area contributed by atoms with Crippen LogP contribution in [0.5, 0.6) is 11.5 Å². The van der Waals surface area contributed by atoms with Gasteiger partial charge in [-0.05, 0) is 45.0 Å². The van der Waals surface area contributed by atoms with Crippen LogP contribution in [0, 0.1) is 13.8 Å². The SMILES string of the molecule is COc1ccc(NC(=O)C(C)OC(=O)c2c(C)nn(-c3ccccc3)c2C)cc1OC. The molecule has 1 amide bonds. The predicted octanol–water partition coefficient (Wildman–Crippen LogP) is 3.69. The molecule has 31 heavy (non-hydrogen) atoms. The number of hydrogen-bond acceptors (Lipinski definition) is 6. The molecular weight excluding hydrogens is 398 g/mol. The summed E-state index contributed by atoms with van der Waals surface area (Å²) in [7, 11) is 3.04. The lowest BCUT2D eigenvalue weighted by atomic mass is 10.2. The lowest BCUT2D eigenvalue weighted by molar-refractivity contribution is -0.123. The zero-order valence-corrected chi connectivity index (χ0v) is 18.1. The van der Waals surface area contributed by atoms with E-state index >= 15 is 0 Å². The number of aromatic nitrogens is 2. The highest BCUT2D eigenvalue weighted by Gasteiger charge is 2.25. The van der Waals surface area contributed by atoms with Gasteiger partial charge < -0.3 is 19.5 Å². The molecule has 3 rings (SSSR count). The van der Waals surface area contributed by atoms with E-state index in [4.69, 9.17) is 14.2 Å². The van der Waals surface area contributed by atoms with E-state index in [0.717, 1.165) is 5.69 Å². The van der Waals surface area contributed by atoms with E-state index in [1.54, 1.807) is 36.7 Å². The molecule has 8 heteroatoms. The molecular formula is C23H25N3O5. The van der Waals surface area contributed by atoms with Gasteiger partial charge in [-0.25, -0.2) is 9.48 Å². The van der Waals surface area contributed by atoms with Crippen molar-refractivity contribution in [3.8, 4) is 17.2 Å². The van der Waals surface area contributed by atoms with Gasteiger partial charge in [-0.1, -0.05) is 18.2 Å². The van der Waals surface area contributed by atoms with Crippen molar-refractivity contribution in [1.82, 2.24) is 9.78 Å². The quantitative estimate of drug-likeness (QED) is 0.583. The highest BCUT2D eigenvalue weighted by atomic mass is 16.5. The molecule has 0 spiro atoms. The fourth-order valence-electron chi connectivity index (χ4n) is 3.19. The van der Waals surface area contributed by atoms with Crippen molar-refractivity contribution in [2.24, 2.45) is 0 Å². The van der Waals surface area contributed by atoms with Crippen molar-refractivity contribution in [2.75, 3.05) is 19.5 Å². The number of nitrogens with one attached hydrogen (secondary N) is 1. The van der Waals surface area contributed by atoms with E-state index < -0.39 is 18.0 Å². The number of benzene rings is 2. The van der Waals surface area contributed by atoms with Crippen LogP contribution in [-0.4, -0.2) is 42.0 Å². The number of rotatable bonds is 7. The second kappa shape index (κ2) is 9.34. The summed E-state index contributed by atoms with van der Waals surface area (Å²) in [6.07, 6.45) is -1.01. The van der Waals surface area contributed by atoms with Crippen LogP contribution in [-0.2, 0) is 9.53 Å². The lowest BCUT2D eigenvalue weighted by Gasteiger charge is -2.15. The zero-order valence-electron chi connectivity index (χ0n) is 18.1. The highest BCUT2D eigenvalue weighted by Crippen LogP contribution is 2.29. The maximum Gasteiger partial charge on any atom is 0.342 e. The fourth-order valence-corrected chi connectivity index (χ4v) is 3.19. The second-order valence-corrected chi connectivity index (χ2v) is 6.90. The Labute approximate surface area is 180 Å². The molecule has 1 heterocycles. The first-order valence-corrected chi connectivity index (χ1v) is 9.71. The standard InChI is InChI=1S/C23H25N3O5/c1-14-21(15(2)26(25-14)18-9-7-6-8-10-18)23(28)31-16(3)22(27)24-17-11-12-19(29-4)20(13-17)30-5/h6-13,16H,1-5H3,(H,24,27). The summed E-state index contributed by atoms with van der Waals surface area (Å²) in [6, 6.07) is 14.5. The summed E-state index contributed by atoms with van der Waals surface area (Å²) in [5.74, 6) is -0.0515. The molecule has 0 radical (unpaired) electrons. The van der Waals surface area contributed by atoms with E-state index in [1.807, 2.05) is 30.3 Å². The minimum absolute atomic E-state index is 0.342. The Bertz CT molecular complexity index is 1090. The van der Waals surface area contributed by atoms with Crippen LogP contribution in [0.2, 0.25) is 0 Å². The van der Waals surface area contributed by atoms with Crippen LogP contribution < -0.4 is 14.8 Å². The number of carbonyl (C=O) groups excluding carboxylic acids is 2. The Balaban J connectivity index is 1.72. The Morgan fingerprint density at radius 1 is 1.00 bits per heavy atom. The van der Waals surface area contributed by atoms with Crippen molar-refractivity contribution < 1.29 is 23.8 Å². The first-order valence-electron chi connectivity index (χ1n) is 9.71. The summed E-state index contributed by atoms with van der Waals surface area (Å²) in [4.78, 5) is 25.3. The van der Waals surface area contributed by atoms with Crippen molar-refractivity contribution >= 4 is 17.6 Å². The van der Waals surface area contributed by atoms with E-state index in [9.17, 15) is 9.59 Å². The number of methoxy groups -OCH3 is 2. The molecule has 0 aliphatic carbocycles. The van der Waals surface area contributed by atoms with Crippen LogP contribution in [0.4, 0.5) is 5.69 Å². The average Bonchev–Trinajstić information content (AvgIpc) is 3.08. The van der Waals surface area contributed by atoms with Crippen LogP contribution in [0.15, 0.2) is 48.5 Å². The predicted molar refractivity (Wildman–Crippen MR) is 116 cm³/mol. The van der Waals surface area contributed by atoms with Crippen LogP contribution in [0.25, 0.3) is 5.69 Å². The number of aryl methyl sites for hydroxylation is 1. The number of esters is 1. The number of anilines is 1. The van der Waals surface area contributed by atoms with Crippen molar-refractivity contribution in [2.45, 2.75) is 26.9 Å².